The summed E-state index contributed by atoms with van der Waals surface area (Å²) in [7, 11) is 1.62. The average Bonchev–Trinajstić information content (AvgIpc) is 3.37. The summed E-state index contributed by atoms with van der Waals surface area (Å²) in [5.74, 6) is -0.381. The Morgan fingerprint density at radius 1 is 0.408 bits per heavy atom. The van der Waals surface area contributed by atoms with Crippen LogP contribution >= 0.6 is 0 Å². The fraction of sp³-hybridized carbons (Fsp3) is 0.836. The molecule has 10 heteroatoms. The quantitative estimate of drug-likeness (QED) is 0.0354. The van der Waals surface area contributed by atoms with Gasteiger partial charge in [0, 0.05) is 12.8 Å². The van der Waals surface area contributed by atoms with Crippen LogP contribution in [0.5, 0.6) is 5.75 Å². The van der Waals surface area contributed by atoms with Gasteiger partial charge in [-0.25, -0.2) is 0 Å². The van der Waals surface area contributed by atoms with E-state index in [1.165, 1.54) is 141 Å². The molecule has 10 nitrogen and oxygen atoms in total. The summed E-state index contributed by atoms with van der Waals surface area (Å²) in [6.07, 6.45) is 39.5. The topological polar surface area (TPSA) is 124 Å². The van der Waals surface area contributed by atoms with Crippen LogP contribution in [0, 0.1) is 11.8 Å². The Morgan fingerprint density at radius 3 is 1.15 bits per heavy atom. The van der Waals surface area contributed by atoms with Gasteiger partial charge in [0.05, 0.1) is 45.4 Å². The Hall–Kier alpha value is -3.14. The first-order chi connectivity index (χ1) is 34.8. The van der Waals surface area contributed by atoms with Crippen molar-refractivity contribution >= 4 is 23.9 Å². The summed E-state index contributed by atoms with van der Waals surface area (Å²) in [6.45, 7) is 9.72. The molecule has 0 aliphatic heterocycles. The summed E-state index contributed by atoms with van der Waals surface area (Å²) in [6, 6.07) is 7.53. The van der Waals surface area contributed by atoms with E-state index in [-0.39, 0.29) is 69.7 Å². The second-order valence-electron chi connectivity index (χ2n) is 20.4. The lowest BCUT2D eigenvalue weighted by Crippen LogP contribution is -2.29. The number of unbranched alkanes of at least 4 members (excludes halogenated alkanes) is 26. The highest BCUT2D eigenvalue weighted by atomic mass is 16.6. The molecule has 0 fully saturated rings. The zero-order valence-electron chi connectivity index (χ0n) is 46.5. The van der Waals surface area contributed by atoms with Crippen molar-refractivity contribution in [3.05, 3.63) is 29.8 Å². The first kappa shape index (κ1) is 65.9. The normalized spacial score (nSPS) is 12.6. The van der Waals surface area contributed by atoms with E-state index in [0.717, 1.165) is 75.5 Å². The molecule has 1 rings (SSSR count). The van der Waals surface area contributed by atoms with Gasteiger partial charge in [-0.1, -0.05) is 220 Å². The number of hydrogen-bond donors (Lipinski definition) is 0. The third kappa shape index (κ3) is 40.0. The van der Waals surface area contributed by atoms with Gasteiger partial charge in [0.25, 0.3) is 0 Å². The smallest absolute Gasteiger partial charge is 0.308 e. The molecule has 0 aromatic heterocycles. The molecule has 0 aliphatic rings. The van der Waals surface area contributed by atoms with Gasteiger partial charge in [0.15, 0.2) is 6.10 Å². The number of hydrogen-bond acceptors (Lipinski definition) is 10. The van der Waals surface area contributed by atoms with Crippen molar-refractivity contribution in [3.8, 4) is 5.75 Å². The Balaban J connectivity index is 2.61. The van der Waals surface area contributed by atoms with Gasteiger partial charge in [-0.05, 0) is 69.1 Å². The molecule has 2 unspecified atom stereocenters. The lowest BCUT2D eigenvalue weighted by Gasteiger charge is -2.19. The zero-order valence-corrected chi connectivity index (χ0v) is 46.5. The van der Waals surface area contributed by atoms with Gasteiger partial charge < -0.3 is 28.4 Å². The summed E-state index contributed by atoms with van der Waals surface area (Å²) < 4.78 is 34.2. The maximum atomic E-state index is 13.2. The molecule has 1 aromatic carbocycles. The van der Waals surface area contributed by atoms with Crippen LogP contribution in [0.15, 0.2) is 24.3 Å². The Bertz CT molecular complexity index is 1380. The van der Waals surface area contributed by atoms with E-state index in [1.807, 2.05) is 24.3 Å². The SMILES string of the molecule is CCCCCCCCCCC(CCCCCCCC)C(=O)OCCCCC(=O)OC[C@H](COCc1ccc(OC)cc1)OC(=O)CCCCOC(=O)C(CCCCCCCC)CCCCCCCCCC. The van der Waals surface area contributed by atoms with Crippen LogP contribution in [0.2, 0.25) is 0 Å². The highest BCUT2D eigenvalue weighted by Gasteiger charge is 2.22. The largest absolute Gasteiger partial charge is 0.497 e. The molecular formula is C61H108O10. The molecule has 71 heavy (non-hydrogen) atoms. The van der Waals surface area contributed by atoms with Crippen molar-refractivity contribution in [2.24, 2.45) is 11.8 Å². The van der Waals surface area contributed by atoms with E-state index in [9.17, 15) is 19.2 Å². The fourth-order valence-corrected chi connectivity index (χ4v) is 9.12. The predicted molar refractivity (Wildman–Crippen MR) is 291 cm³/mol. The summed E-state index contributed by atoms with van der Waals surface area (Å²) in [4.78, 5) is 52.4. The lowest BCUT2D eigenvalue weighted by atomic mass is 9.94. The summed E-state index contributed by atoms with van der Waals surface area (Å²) in [5, 5.41) is 0. The molecule has 0 saturated carbocycles. The number of esters is 4. The van der Waals surface area contributed by atoms with Crippen molar-refractivity contribution in [2.45, 2.75) is 284 Å². The van der Waals surface area contributed by atoms with Gasteiger partial charge in [0.1, 0.15) is 12.4 Å². The molecular weight excluding hydrogens is 893 g/mol. The number of benzene rings is 1. The van der Waals surface area contributed by atoms with E-state index in [0.29, 0.717) is 25.7 Å². The molecule has 0 heterocycles. The van der Waals surface area contributed by atoms with E-state index in [1.54, 1.807) is 7.11 Å². The first-order valence-electron chi connectivity index (χ1n) is 29.7. The highest BCUT2D eigenvalue weighted by Crippen LogP contribution is 2.23. The zero-order chi connectivity index (χ0) is 51.7. The van der Waals surface area contributed by atoms with Crippen LogP contribution in [0.3, 0.4) is 0 Å². The Kier molecular flexibility index (Phi) is 45.5. The van der Waals surface area contributed by atoms with Crippen molar-refractivity contribution in [1.29, 1.82) is 0 Å². The summed E-state index contributed by atoms with van der Waals surface area (Å²) >= 11 is 0. The van der Waals surface area contributed by atoms with Crippen LogP contribution in [-0.2, 0) is 49.5 Å². The number of rotatable bonds is 52. The molecule has 0 N–H and O–H groups in total. The van der Waals surface area contributed by atoms with Crippen LogP contribution in [0.4, 0.5) is 0 Å². The number of carbonyl (C=O) groups is 4. The average molecular weight is 1000 g/mol. The van der Waals surface area contributed by atoms with E-state index < -0.39 is 18.0 Å². The van der Waals surface area contributed by atoms with Gasteiger partial charge >= 0.3 is 23.9 Å². The molecule has 1 aromatic rings. The minimum atomic E-state index is -0.785. The molecule has 0 aliphatic carbocycles. The molecule has 0 radical (unpaired) electrons. The van der Waals surface area contributed by atoms with Gasteiger partial charge in [0.2, 0.25) is 0 Å². The van der Waals surface area contributed by atoms with Crippen LogP contribution < -0.4 is 4.74 Å². The predicted octanol–water partition coefficient (Wildman–Crippen LogP) is 16.9. The van der Waals surface area contributed by atoms with Crippen LogP contribution in [0.25, 0.3) is 0 Å². The number of methoxy groups -OCH3 is 1. The maximum Gasteiger partial charge on any atom is 0.308 e. The van der Waals surface area contributed by atoms with Gasteiger partial charge in [-0.15, -0.1) is 0 Å². The lowest BCUT2D eigenvalue weighted by molar-refractivity contribution is -0.163. The molecule has 0 saturated heterocycles. The van der Waals surface area contributed by atoms with Crippen molar-refractivity contribution in [3.63, 3.8) is 0 Å². The highest BCUT2D eigenvalue weighted by molar-refractivity contribution is 5.73. The standard InChI is InChI=1S/C61H108O10/c1-6-10-14-18-22-24-28-32-40-54(38-30-26-20-16-12-8-3)60(64)68-48-36-34-42-58(62)70-52-57(51-67-50-53-44-46-56(66-5)47-45-53)71-59(63)43-35-37-49-69-61(65)55(39-31-27-21-17-13-9-4)41-33-29-25-23-19-15-11-7-2/h44-47,54-55,57H,6-43,48-52H2,1-5H3/t54?,55?,57-/m0/s1. The van der Waals surface area contributed by atoms with Crippen LogP contribution in [0.1, 0.15) is 277 Å². The monoisotopic (exact) mass is 1000 g/mol. The van der Waals surface area contributed by atoms with E-state index in [4.69, 9.17) is 28.4 Å². The van der Waals surface area contributed by atoms with Crippen molar-refractivity contribution < 1.29 is 47.6 Å². The third-order valence-electron chi connectivity index (χ3n) is 13.8. The van der Waals surface area contributed by atoms with E-state index >= 15 is 0 Å². The fourth-order valence-electron chi connectivity index (χ4n) is 9.12. The second-order valence-corrected chi connectivity index (χ2v) is 20.4. The number of carbonyl (C=O) groups excluding carboxylic acids is 4. The number of ether oxygens (including phenoxy) is 6. The molecule has 412 valence electrons. The second kappa shape index (κ2) is 49.1. The maximum absolute atomic E-state index is 13.2. The van der Waals surface area contributed by atoms with Crippen molar-refractivity contribution in [1.82, 2.24) is 0 Å². The van der Waals surface area contributed by atoms with Gasteiger partial charge in [-0.3, -0.25) is 19.2 Å². The van der Waals surface area contributed by atoms with Gasteiger partial charge in [-0.2, -0.15) is 0 Å². The third-order valence-corrected chi connectivity index (χ3v) is 13.8. The van der Waals surface area contributed by atoms with Crippen LogP contribution in [-0.4, -0.2) is 63.5 Å². The molecule has 0 spiro atoms. The van der Waals surface area contributed by atoms with Crippen molar-refractivity contribution in [2.75, 3.05) is 33.5 Å². The van der Waals surface area contributed by atoms with E-state index in [2.05, 4.69) is 27.7 Å². The first-order valence-corrected chi connectivity index (χ1v) is 29.7. The Morgan fingerprint density at radius 2 is 0.775 bits per heavy atom. The molecule has 0 bridgehead atoms. The molecule has 0 amide bonds. The summed E-state index contributed by atoms with van der Waals surface area (Å²) in [5.41, 5.74) is 0.928. The minimum absolute atomic E-state index is 0.0519. The molecule has 3 atom stereocenters. The minimum Gasteiger partial charge on any atom is -0.497 e. The Labute approximate surface area is 435 Å².